The molecule has 2 radical (unpaired) electrons. The zero-order chi connectivity index (χ0) is 20.9. The number of nitrogens with one attached hydrogen (secondary N) is 1. The molecule has 1 N–H and O–H groups in total. The molecule has 1 aliphatic carbocycles. The molecule has 3 rings (SSSR count). The van der Waals surface area contributed by atoms with Crippen LogP contribution in [0.5, 0.6) is 0 Å². The summed E-state index contributed by atoms with van der Waals surface area (Å²) in [5, 5.41) is 3.39. The molecule has 7 heteroatoms. The van der Waals surface area contributed by atoms with E-state index in [0.29, 0.717) is 18.6 Å². The zero-order valence-electron chi connectivity index (χ0n) is 17.8. The van der Waals surface area contributed by atoms with Gasteiger partial charge in [-0.15, -0.1) is 0 Å². The van der Waals surface area contributed by atoms with E-state index in [9.17, 15) is 9.59 Å². The molecular formula is C22H34BrN3O2Sn. The number of amides is 1. The van der Waals surface area contributed by atoms with Crippen LogP contribution >= 0.6 is 15.9 Å². The molecule has 1 amide bonds. The van der Waals surface area contributed by atoms with Crippen LogP contribution in [0.3, 0.4) is 0 Å². The number of likely N-dealkylation sites (tertiary alicyclic amines) is 1. The fourth-order valence-corrected chi connectivity index (χ4v) is 8.66. The molecule has 29 heavy (non-hydrogen) atoms. The number of Topliss-reactive ketones (excluding diaryl/α,β-unsaturated/α-hetero) is 1. The summed E-state index contributed by atoms with van der Waals surface area (Å²) in [6.45, 7) is 7.54. The van der Waals surface area contributed by atoms with Gasteiger partial charge in [0, 0.05) is 0 Å². The first-order valence-corrected chi connectivity index (χ1v) is 14.9. The Labute approximate surface area is 193 Å². The molecule has 0 aromatic rings. The fraction of sp³-hybridized carbons (Fsp3) is 0.773. The Balaban J connectivity index is 1.48. The van der Waals surface area contributed by atoms with E-state index >= 15 is 0 Å². The van der Waals surface area contributed by atoms with E-state index in [1.165, 1.54) is 19.1 Å². The molecule has 1 spiro atoms. The van der Waals surface area contributed by atoms with E-state index in [1.54, 1.807) is 0 Å². The average molecular weight is 571 g/mol. The third-order valence-electron chi connectivity index (χ3n) is 6.86. The van der Waals surface area contributed by atoms with Crippen LogP contribution in [0.2, 0.25) is 0 Å². The summed E-state index contributed by atoms with van der Waals surface area (Å²) in [6.07, 6.45) is 10.7. The van der Waals surface area contributed by atoms with Crippen LogP contribution in [0.25, 0.3) is 0 Å². The Hall–Kier alpha value is -0.211. The summed E-state index contributed by atoms with van der Waals surface area (Å²) in [5.41, 5.74) is 0.275. The maximum atomic E-state index is 13.1. The van der Waals surface area contributed by atoms with Crippen molar-refractivity contribution >= 4 is 52.5 Å². The molecule has 5 nitrogen and oxygen atoms in total. The van der Waals surface area contributed by atoms with Crippen molar-refractivity contribution in [2.24, 2.45) is 16.3 Å². The molecule has 160 valence electrons. The molecule has 0 aromatic heterocycles. The van der Waals surface area contributed by atoms with Crippen molar-refractivity contribution in [3.63, 3.8) is 0 Å². The van der Waals surface area contributed by atoms with E-state index in [1.807, 2.05) is 13.1 Å². The van der Waals surface area contributed by atoms with E-state index < -0.39 is 21.1 Å². The maximum absolute atomic E-state index is 13.1. The number of rotatable bonds is 11. The molecule has 2 aliphatic heterocycles. The Morgan fingerprint density at radius 1 is 1.31 bits per heavy atom. The van der Waals surface area contributed by atoms with Crippen molar-refractivity contribution in [2.45, 2.75) is 77.7 Å². The van der Waals surface area contributed by atoms with Gasteiger partial charge >= 0.3 is 195 Å². The number of ketones is 1. The number of nitrogens with zero attached hydrogens (tertiary/aromatic N) is 2. The second-order valence-electron chi connectivity index (χ2n) is 8.72. The predicted molar refractivity (Wildman–Crippen MR) is 122 cm³/mol. The number of piperidine rings is 1. The van der Waals surface area contributed by atoms with Gasteiger partial charge < -0.3 is 0 Å². The van der Waals surface area contributed by atoms with Crippen molar-refractivity contribution < 1.29 is 9.59 Å². The topological polar surface area (TPSA) is 61.8 Å². The molecule has 0 bridgehead atoms. The molecule has 2 fully saturated rings. The van der Waals surface area contributed by atoms with E-state index in [-0.39, 0.29) is 23.3 Å². The second kappa shape index (κ2) is 10.9. The van der Waals surface area contributed by atoms with Gasteiger partial charge in [0.1, 0.15) is 0 Å². The number of carbonyl (C=O) groups excluding carboxylic acids is 2. The first-order valence-electron chi connectivity index (χ1n) is 11.2. The Bertz CT molecular complexity index is 671. The first-order chi connectivity index (χ1) is 14.0. The molecule has 2 atom stereocenters. The fourth-order valence-electron chi connectivity index (χ4n) is 4.65. The van der Waals surface area contributed by atoms with Crippen molar-refractivity contribution in [1.82, 2.24) is 10.2 Å². The van der Waals surface area contributed by atoms with E-state index in [0.717, 1.165) is 51.7 Å². The summed E-state index contributed by atoms with van der Waals surface area (Å²) in [6, 6.07) is 0.0932. The van der Waals surface area contributed by atoms with E-state index in [2.05, 4.69) is 38.1 Å². The standard InChI is InChI=1S/C22H34BrN3O2.Sn/c1-3-19(27)9-7-5-6-8-18(17-24-13-12-23)25-21(28)20-16-22(20)10-14-26(4-2)15-11-22;/h13,18,20H,3-11,14-16H2,1-2H3,(H,25,28);/t18-,20+;/m0./s1. The Morgan fingerprint density at radius 3 is 2.69 bits per heavy atom. The van der Waals surface area contributed by atoms with Gasteiger partial charge in [-0.1, -0.05) is 0 Å². The molecular weight excluding hydrogens is 537 g/mol. The van der Waals surface area contributed by atoms with Crippen LogP contribution in [-0.4, -0.2) is 67.1 Å². The quantitative estimate of drug-likeness (QED) is 0.303. The van der Waals surface area contributed by atoms with Gasteiger partial charge in [0.25, 0.3) is 0 Å². The zero-order valence-corrected chi connectivity index (χ0v) is 22.2. The van der Waals surface area contributed by atoms with Gasteiger partial charge in [-0.05, 0) is 0 Å². The van der Waals surface area contributed by atoms with Gasteiger partial charge in [0.05, 0.1) is 0 Å². The predicted octanol–water partition coefficient (Wildman–Crippen LogP) is 3.83. The summed E-state index contributed by atoms with van der Waals surface area (Å²) < 4.78 is 2.48. The number of unbranched alkanes of at least 4 members (excludes halogenated alkanes) is 2. The average Bonchev–Trinajstić information content (AvgIpc) is 3.25. The van der Waals surface area contributed by atoms with Crippen LogP contribution in [-0.2, 0) is 9.59 Å². The van der Waals surface area contributed by atoms with Crippen molar-refractivity contribution in [3.8, 4) is 0 Å². The van der Waals surface area contributed by atoms with Crippen molar-refractivity contribution in [2.75, 3.05) is 19.6 Å². The third kappa shape index (κ3) is 6.39. The van der Waals surface area contributed by atoms with Crippen LogP contribution < -0.4 is 5.32 Å². The molecule has 1 saturated heterocycles. The van der Waals surface area contributed by atoms with Crippen molar-refractivity contribution in [1.29, 1.82) is 0 Å². The molecule has 1 saturated carbocycles. The number of hydrogen-bond acceptors (Lipinski definition) is 4. The molecule has 2 heterocycles. The summed E-state index contributed by atoms with van der Waals surface area (Å²) in [5.74, 6) is 0.812. The minimum atomic E-state index is -0.861. The second-order valence-corrected chi connectivity index (χ2v) is 15.4. The van der Waals surface area contributed by atoms with Gasteiger partial charge in [0.15, 0.2) is 0 Å². The summed E-state index contributed by atoms with van der Waals surface area (Å²) in [4.78, 5) is 31.7. The first kappa shape index (κ1) is 23.5. The summed E-state index contributed by atoms with van der Waals surface area (Å²) in [7, 11) is 0. The monoisotopic (exact) mass is 571 g/mol. The van der Waals surface area contributed by atoms with Gasteiger partial charge in [-0.3, -0.25) is 0 Å². The molecule has 0 unspecified atom stereocenters. The minimum absolute atomic E-state index is 0.0932. The summed E-state index contributed by atoms with van der Waals surface area (Å²) >= 11 is 2.75. The van der Waals surface area contributed by atoms with Gasteiger partial charge in [-0.25, -0.2) is 0 Å². The number of aliphatic imine (C=N–C) groups is 1. The van der Waals surface area contributed by atoms with E-state index in [4.69, 9.17) is 0 Å². The Kier molecular flexibility index (Phi) is 8.81. The normalized spacial score (nSPS) is 24.2. The van der Waals surface area contributed by atoms with Gasteiger partial charge in [0.2, 0.25) is 0 Å². The molecule has 3 aliphatic rings. The van der Waals surface area contributed by atoms with Crippen molar-refractivity contribution in [3.05, 3.63) is 8.70 Å². The molecule has 0 aromatic carbocycles. The number of carbonyl (C=O) groups is 2. The number of halogens is 1. The third-order valence-corrected chi connectivity index (χ3v) is 11.5. The SMILES string of the molecule is CCC(=O)CCCCC[C@H](NC(=O)[C@H]1CC12CCN(CC)CC2)[C]1=NC=[C](Br)[Sn]1. The van der Waals surface area contributed by atoms with Crippen LogP contribution in [0.4, 0.5) is 0 Å². The van der Waals surface area contributed by atoms with Crippen LogP contribution in [0.15, 0.2) is 13.7 Å². The van der Waals surface area contributed by atoms with Crippen LogP contribution in [0.1, 0.15) is 71.6 Å². The Morgan fingerprint density at radius 2 is 2.07 bits per heavy atom. The van der Waals surface area contributed by atoms with Crippen LogP contribution in [0, 0.1) is 11.3 Å². The number of hydrogen-bond donors (Lipinski definition) is 1. The van der Waals surface area contributed by atoms with Gasteiger partial charge in [-0.2, -0.15) is 0 Å².